The van der Waals surface area contributed by atoms with Gasteiger partial charge in [-0.3, -0.25) is 4.79 Å². The zero-order valence-corrected chi connectivity index (χ0v) is 16.1. The van der Waals surface area contributed by atoms with Gasteiger partial charge in [-0.05, 0) is 43.9 Å². The van der Waals surface area contributed by atoms with Gasteiger partial charge in [0.25, 0.3) is 0 Å². The smallest absolute Gasteiger partial charge is 0.235 e. The highest BCUT2D eigenvalue weighted by Gasteiger charge is 2.12. The zero-order chi connectivity index (χ0) is 19.1. The molecule has 0 aliphatic carbocycles. The number of aromatic hydroxyl groups is 1. The molecule has 8 heteroatoms. The molecule has 0 unspecified atom stereocenters. The van der Waals surface area contributed by atoms with E-state index in [9.17, 15) is 18.7 Å². The molecule has 2 aromatic rings. The van der Waals surface area contributed by atoms with E-state index in [-0.39, 0.29) is 28.7 Å². The van der Waals surface area contributed by atoms with Gasteiger partial charge >= 0.3 is 0 Å². The maximum absolute atomic E-state index is 13.9. The van der Waals surface area contributed by atoms with E-state index in [1.54, 1.807) is 10.8 Å². The summed E-state index contributed by atoms with van der Waals surface area (Å²) in [5.74, 6) is -0.625. The average Bonchev–Trinajstić information content (AvgIpc) is 2.56. The molecule has 0 spiro atoms. The van der Waals surface area contributed by atoms with E-state index in [1.807, 2.05) is 14.1 Å². The predicted molar refractivity (Wildman–Crippen MR) is 106 cm³/mol. The van der Waals surface area contributed by atoms with Crippen molar-refractivity contribution in [3.63, 3.8) is 0 Å². The van der Waals surface area contributed by atoms with Gasteiger partial charge in [0, 0.05) is 23.9 Å². The number of hydrogen-bond acceptors (Lipinski definition) is 5. The Kier molecular flexibility index (Phi) is 7.74. The monoisotopic (exact) mass is 398 g/mol. The molecule has 0 saturated carbocycles. The molecule has 0 atom stereocenters. The lowest BCUT2D eigenvalue weighted by molar-refractivity contribution is -0.113. The number of carbonyl (C=O) groups excluding carboxylic acids is 1. The van der Waals surface area contributed by atoms with Gasteiger partial charge in [-0.15, -0.1) is 0 Å². The number of rotatable bonds is 8. The van der Waals surface area contributed by atoms with E-state index in [1.165, 1.54) is 35.1 Å². The van der Waals surface area contributed by atoms with Crippen molar-refractivity contribution in [3.8, 4) is 16.9 Å². The number of amides is 1. The zero-order valence-electron chi connectivity index (χ0n) is 14.5. The van der Waals surface area contributed by atoms with Gasteiger partial charge in [0.2, 0.25) is 5.91 Å². The van der Waals surface area contributed by atoms with Gasteiger partial charge in [-0.1, -0.05) is 27.7 Å². The maximum Gasteiger partial charge on any atom is 0.235 e. The summed E-state index contributed by atoms with van der Waals surface area (Å²) in [4.78, 5) is 14.1. The van der Waals surface area contributed by atoms with Crippen molar-refractivity contribution in [2.45, 2.75) is 0 Å². The van der Waals surface area contributed by atoms with E-state index in [0.29, 0.717) is 5.56 Å². The number of nitrogens with one attached hydrogen (secondary N) is 1. The van der Waals surface area contributed by atoms with Gasteiger partial charge in [0.1, 0.15) is 17.4 Å². The fourth-order valence-corrected chi connectivity index (χ4v) is 4.06. The predicted octanol–water partition coefficient (Wildman–Crippen LogP) is 4.22. The van der Waals surface area contributed by atoms with Crippen LogP contribution in [0.5, 0.6) is 5.75 Å². The Hall–Kier alpha value is -1.77. The topological polar surface area (TPSA) is 52.6 Å². The number of benzene rings is 2. The molecule has 2 N–H and O–H groups in total. The van der Waals surface area contributed by atoms with Crippen LogP contribution in [0.2, 0.25) is 0 Å². The number of phenols is 1. The number of anilines is 1. The third kappa shape index (κ3) is 6.19. The lowest BCUT2D eigenvalue weighted by atomic mass is 10.0. The summed E-state index contributed by atoms with van der Waals surface area (Å²) in [7, 11) is 6.99. The van der Waals surface area contributed by atoms with E-state index in [4.69, 9.17) is 0 Å². The van der Waals surface area contributed by atoms with E-state index >= 15 is 0 Å². The number of phenolic OH excluding ortho intramolecular Hbond substituents is 1. The van der Waals surface area contributed by atoms with Crippen LogP contribution in [-0.2, 0) is 4.79 Å². The lowest BCUT2D eigenvalue weighted by Crippen LogP contribution is -2.15. The van der Waals surface area contributed by atoms with Crippen LogP contribution in [0.3, 0.4) is 0 Å². The molecule has 0 bridgehead atoms. The molecule has 1 amide bonds. The molecule has 0 aromatic heterocycles. The first kappa shape index (κ1) is 20.5. The van der Waals surface area contributed by atoms with Gasteiger partial charge < -0.3 is 15.3 Å². The maximum atomic E-state index is 13.9. The van der Waals surface area contributed by atoms with Crippen molar-refractivity contribution in [1.29, 1.82) is 0 Å². The van der Waals surface area contributed by atoms with Crippen molar-refractivity contribution in [2.75, 3.05) is 37.5 Å². The van der Waals surface area contributed by atoms with E-state index < -0.39 is 11.6 Å². The Bertz CT molecular complexity index is 773. The number of hydrogen-bond donors (Lipinski definition) is 2. The van der Waals surface area contributed by atoms with Crippen LogP contribution in [0.1, 0.15) is 0 Å². The molecule has 0 saturated heterocycles. The van der Waals surface area contributed by atoms with Crippen LogP contribution in [0.25, 0.3) is 11.1 Å². The second-order valence-electron chi connectivity index (χ2n) is 5.79. The number of halogens is 2. The SMILES string of the molecule is CN(C)CCSSCC(=O)Nc1cc(-c2ccc(F)cc2F)ccc1O. The molecule has 26 heavy (non-hydrogen) atoms. The Balaban J connectivity index is 2.00. The van der Waals surface area contributed by atoms with Crippen molar-refractivity contribution in [1.82, 2.24) is 4.90 Å². The fourth-order valence-electron chi connectivity index (χ4n) is 2.09. The molecule has 0 radical (unpaired) electrons. The molecular weight excluding hydrogens is 378 g/mol. The molecular formula is C18H20F2N2O2S2. The van der Waals surface area contributed by atoms with Gasteiger partial charge in [-0.2, -0.15) is 0 Å². The fraction of sp³-hybridized carbons (Fsp3) is 0.278. The lowest BCUT2D eigenvalue weighted by Gasteiger charge is -2.11. The quantitative estimate of drug-likeness (QED) is 0.396. The highest BCUT2D eigenvalue weighted by molar-refractivity contribution is 8.76. The summed E-state index contributed by atoms with van der Waals surface area (Å²) < 4.78 is 27.0. The molecule has 0 heterocycles. The standard InChI is InChI=1S/C18H20F2N2O2S2/c1-22(2)7-8-25-26-11-18(24)21-16-9-12(3-6-17(16)23)14-5-4-13(19)10-15(14)20/h3-6,9-10,23H,7-8,11H2,1-2H3,(H,21,24). The van der Waals surface area contributed by atoms with Crippen molar-refractivity contribution in [3.05, 3.63) is 48.0 Å². The summed E-state index contributed by atoms with van der Waals surface area (Å²) in [6, 6.07) is 7.61. The van der Waals surface area contributed by atoms with Crippen LogP contribution < -0.4 is 5.32 Å². The molecule has 2 rings (SSSR count). The Morgan fingerprint density at radius 3 is 2.62 bits per heavy atom. The number of nitrogens with zero attached hydrogens (tertiary/aromatic N) is 1. The summed E-state index contributed by atoms with van der Waals surface area (Å²) in [5.41, 5.74) is 0.814. The minimum Gasteiger partial charge on any atom is -0.506 e. The van der Waals surface area contributed by atoms with Gasteiger partial charge in [0.05, 0.1) is 11.4 Å². The van der Waals surface area contributed by atoms with E-state index in [0.717, 1.165) is 24.4 Å². The molecule has 4 nitrogen and oxygen atoms in total. The van der Waals surface area contributed by atoms with Gasteiger partial charge in [0.15, 0.2) is 0 Å². The van der Waals surface area contributed by atoms with Crippen molar-refractivity contribution >= 4 is 33.2 Å². The molecule has 0 aliphatic heterocycles. The first-order valence-electron chi connectivity index (χ1n) is 7.84. The largest absolute Gasteiger partial charge is 0.506 e. The van der Waals surface area contributed by atoms with Crippen LogP contribution >= 0.6 is 21.6 Å². The third-order valence-electron chi connectivity index (χ3n) is 3.41. The molecule has 140 valence electrons. The summed E-state index contributed by atoms with van der Waals surface area (Å²) in [5, 5.41) is 12.5. The summed E-state index contributed by atoms with van der Waals surface area (Å²) in [6.07, 6.45) is 0. The molecule has 0 fully saturated rings. The first-order chi connectivity index (χ1) is 12.4. The Morgan fingerprint density at radius 2 is 1.92 bits per heavy atom. The highest BCUT2D eigenvalue weighted by Crippen LogP contribution is 2.32. The van der Waals surface area contributed by atoms with Gasteiger partial charge in [-0.25, -0.2) is 8.78 Å². The normalized spacial score (nSPS) is 11.0. The second kappa shape index (κ2) is 9.80. The first-order valence-corrected chi connectivity index (χ1v) is 10.3. The minimum atomic E-state index is -0.708. The Labute approximate surface area is 159 Å². The molecule has 0 aliphatic rings. The second-order valence-corrected chi connectivity index (χ2v) is 8.37. The van der Waals surface area contributed by atoms with Crippen LogP contribution in [0, 0.1) is 11.6 Å². The van der Waals surface area contributed by atoms with E-state index in [2.05, 4.69) is 10.2 Å². The average molecular weight is 399 g/mol. The van der Waals surface area contributed by atoms with Crippen molar-refractivity contribution < 1.29 is 18.7 Å². The Morgan fingerprint density at radius 1 is 1.15 bits per heavy atom. The number of carbonyl (C=O) groups is 1. The van der Waals surface area contributed by atoms with Crippen LogP contribution in [0.15, 0.2) is 36.4 Å². The highest BCUT2D eigenvalue weighted by atomic mass is 33.1. The molecule has 2 aromatic carbocycles. The summed E-state index contributed by atoms with van der Waals surface area (Å²) >= 11 is 0. The van der Waals surface area contributed by atoms with Crippen LogP contribution in [0.4, 0.5) is 14.5 Å². The van der Waals surface area contributed by atoms with Crippen LogP contribution in [-0.4, -0.2) is 48.1 Å². The minimum absolute atomic E-state index is 0.116. The third-order valence-corrected chi connectivity index (χ3v) is 5.66. The van der Waals surface area contributed by atoms with Crippen molar-refractivity contribution in [2.24, 2.45) is 0 Å². The summed E-state index contributed by atoms with van der Waals surface area (Å²) in [6.45, 7) is 0.922.